The van der Waals surface area contributed by atoms with Gasteiger partial charge < -0.3 is 20.2 Å². The monoisotopic (exact) mass is 617 g/mol. The third kappa shape index (κ3) is 8.48. The van der Waals surface area contributed by atoms with Crippen LogP contribution in [-0.4, -0.2) is 69.4 Å². The van der Waals surface area contributed by atoms with E-state index in [1.54, 1.807) is 6.07 Å². The number of rotatable bonds is 10. The molecule has 4 amide bonds. The van der Waals surface area contributed by atoms with Crippen molar-refractivity contribution < 1.29 is 37.5 Å². The van der Waals surface area contributed by atoms with Gasteiger partial charge in [-0.1, -0.05) is 38.8 Å². The van der Waals surface area contributed by atoms with Crippen molar-refractivity contribution in [2.45, 2.75) is 76.9 Å². The zero-order valence-electron chi connectivity index (χ0n) is 24.8. The molecule has 2 aliphatic rings. The number of hydrogen-bond acceptors (Lipinski definition) is 5. The number of carboxylic acid groups (broad SMARTS) is 1. The molecule has 2 aromatic rings. The van der Waals surface area contributed by atoms with E-state index in [9.17, 15) is 32.3 Å². The number of amides is 4. The SMILES string of the molecule is CC(C)CC1CN(CCC(=O)O)C(=O)CN1C(=O)Cc1ccc(NC(=O)Nc2ncccc2C2CCCC2)c(C(F)(F)F)c1. The molecule has 13 heteroatoms. The van der Waals surface area contributed by atoms with Gasteiger partial charge in [-0.05, 0) is 60.4 Å². The van der Waals surface area contributed by atoms with Crippen LogP contribution in [0.1, 0.15) is 75.0 Å². The standard InChI is InChI=1S/C31H38F3N5O5/c1-19(2)14-22-17-38(13-11-28(42)43)27(41)18-39(22)26(40)16-20-9-10-25(24(15-20)31(32,33)34)36-30(44)37-29-23(8-5-12-35-29)21-6-3-4-7-21/h5,8-10,12,15,19,21-22H,3-4,6-7,11,13-14,16-18H2,1-2H3,(H,42,43)(H2,35,36,37,44). The van der Waals surface area contributed by atoms with Gasteiger partial charge in [0.2, 0.25) is 11.8 Å². The lowest BCUT2D eigenvalue weighted by molar-refractivity contribution is -0.150. The number of piperazine rings is 1. The number of halogens is 3. The van der Waals surface area contributed by atoms with Gasteiger partial charge in [0, 0.05) is 19.3 Å². The van der Waals surface area contributed by atoms with Gasteiger partial charge in [-0.25, -0.2) is 9.78 Å². The van der Waals surface area contributed by atoms with E-state index >= 15 is 0 Å². The molecule has 1 aromatic carbocycles. The van der Waals surface area contributed by atoms with E-state index in [0.29, 0.717) is 12.2 Å². The van der Waals surface area contributed by atoms with Crippen LogP contribution in [0.4, 0.5) is 29.5 Å². The average Bonchev–Trinajstić information content (AvgIpc) is 3.48. The Balaban J connectivity index is 1.48. The third-order valence-corrected chi connectivity index (χ3v) is 8.05. The Morgan fingerprint density at radius 3 is 2.50 bits per heavy atom. The number of nitrogens with one attached hydrogen (secondary N) is 2. The molecule has 1 atom stereocenters. The van der Waals surface area contributed by atoms with E-state index in [0.717, 1.165) is 43.4 Å². The summed E-state index contributed by atoms with van der Waals surface area (Å²) in [5.74, 6) is -1.28. The van der Waals surface area contributed by atoms with Crippen LogP contribution >= 0.6 is 0 Å². The number of benzene rings is 1. The molecule has 2 fully saturated rings. The van der Waals surface area contributed by atoms with Gasteiger partial charge in [0.05, 0.1) is 30.1 Å². The minimum absolute atomic E-state index is 0.0179. The van der Waals surface area contributed by atoms with Gasteiger partial charge >= 0.3 is 18.2 Å². The molecule has 4 rings (SSSR count). The summed E-state index contributed by atoms with van der Waals surface area (Å²) in [7, 11) is 0. The van der Waals surface area contributed by atoms with Gasteiger partial charge in [-0.15, -0.1) is 0 Å². The zero-order valence-corrected chi connectivity index (χ0v) is 24.8. The highest BCUT2D eigenvalue weighted by Crippen LogP contribution is 2.38. The van der Waals surface area contributed by atoms with E-state index in [4.69, 9.17) is 5.11 Å². The molecule has 1 aliphatic heterocycles. The number of urea groups is 1. The summed E-state index contributed by atoms with van der Waals surface area (Å²) in [6, 6.07) is 5.65. The predicted molar refractivity (Wildman–Crippen MR) is 157 cm³/mol. The number of pyridine rings is 1. The van der Waals surface area contributed by atoms with Crippen LogP contribution in [0, 0.1) is 5.92 Å². The number of carbonyl (C=O) groups excluding carboxylic acids is 3. The average molecular weight is 618 g/mol. The molecular formula is C31H38F3N5O5. The Morgan fingerprint density at radius 1 is 1.11 bits per heavy atom. The van der Waals surface area contributed by atoms with Crippen LogP contribution in [0.25, 0.3) is 0 Å². The molecule has 1 aliphatic carbocycles. The quantitative estimate of drug-likeness (QED) is 0.323. The first-order valence-corrected chi connectivity index (χ1v) is 14.8. The lowest BCUT2D eigenvalue weighted by atomic mass is 9.98. The highest BCUT2D eigenvalue weighted by atomic mass is 19.4. The van der Waals surface area contributed by atoms with Crippen molar-refractivity contribution in [1.82, 2.24) is 14.8 Å². The Hall–Kier alpha value is -4.16. The van der Waals surface area contributed by atoms with E-state index in [2.05, 4.69) is 15.6 Å². The first-order chi connectivity index (χ1) is 20.8. The van der Waals surface area contributed by atoms with Crippen LogP contribution in [0.15, 0.2) is 36.5 Å². The summed E-state index contributed by atoms with van der Waals surface area (Å²) in [4.78, 5) is 56.9. The summed E-state index contributed by atoms with van der Waals surface area (Å²) in [6.07, 6.45) is 0.637. The maximum atomic E-state index is 14.1. The minimum Gasteiger partial charge on any atom is -0.481 e. The number of carbonyl (C=O) groups is 4. The number of alkyl halides is 3. The van der Waals surface area contributed by atoms with Gasteiger partial charge in [0.15, 0.2) is 0 Å². The number of anilines is 2. The second-order valence-electron chi connectivity index (χ2n) is 11.8. The molecule has 2 heterocycles. The summed E-state index contributed by atoms with van der Waals surface area (Å²) >= 11 is 0. The molecule has 238 valence electrons. The normalized spacial score (nSPS) is 17.7. The van der Waals surface area contributed by atoms with Crippen molar-refractivity contribution in [2.24, 2.45) is 5.92 Å². The molecule has 1 saturated heterocycles. The maximum Gasteiger partial charge on any atom is 0.418 e. The van der Waals surface area contributed by atoms with Crippen molar-refractivity contribution in [2.75, 3.05) is 30.3 Å². The first-order valence-electron chi connectivity index (χ1n) is 14.8. The maximum absolute atomic E-state index is 14.1. The molecule has 1 saturated carbocycles. The molecule has 44 heavy (non-hydrogen) atoms. The predicted octanol–water partition coefficient (Wildman–Crippen LogP) is 5.50. The Morgan fingerprint density at radius 2 is 1.84 bits per heavy atom. The summed E-state index contributed by atoms with van der Waals surface area (Å²) in [5.41, 5.74) is -0.652. The molecule has 0 bridgehead atoms. The Bertz CT molecular complexity index is 1380. The number of aromatic nitrogens is 1. The number of aliphatic carboxylic acids is 1. The van der Waals surface area contributed by atoms with Crippen LogP contribution in [-0.2, 0) is 27.0 Å². The van der Waals surface area contributed by atoms with Crippen molar-refractivity contribution in [1.29, 1.82) is 0 Å². The molecule has 3 N–H and O–H groups in total. The van der Waals surface area contributed by atoms with Crippen LogP contribution < -0.4 is 10.6 Å². The topological polar surface area (TPSA) is 132 Å². The van der Waals surface area contributed by atoms with Crippen molar-refractivity contribution in [3.8, 4) is 0 Å². The largest absolute Gasteiger partial charge is 0.481 e. The fourth-order valence-corrected chi connectivity index (χ4v) is 5.98. The number of hydrogen-bond donors (Lipinski definition) is 3. The third-order valence-electron chi connectivity index (χ3n) is 8.05. The first kappa shape index (κ1) is 32.7. The molecule has 10 nitrogen and oxygen atoms in total. The Labute approximate surface area is 254 Å². The Kier molecular flexibility index (Phi) is 10.5. The van der Waals surface area contributed by atoms with Crippen molar-refractivity contribution in [3.63, 3.8) is 0 Å². The second-order valence-corrected chi connectivity index (χ2v) is 11.8. The highest BCUT2D eigenvalue weighted by molar-refractivity contribution is 6.00. The van der Waals surface area contributed by atoms with Gasteiger partial charge in [-0.3, -0.25) is 19.7 Å². The van der Waals surface area contributed by atoms with E-state index in [-0.39, 0.29) is 49.9 Å². The molecular weight excluding hydrogens is 579 g/mol. The fraction of sp³-hybridized carbons (Fsp3) is 0.516. The van der Waals surface area contributed by atoms with Crippen LogP contribution in [0.3, 0.4) is 0 Å². The summed E-state index contributed by atoms with van der Waals surface area (Å²) < 4.78 is 42.4. The summed E-state index contributed by atoms with van der Waals surface area (Å²) in [5, 5.41) is 13.9. The smallest absolute Gasteiger partial charge is 0.418 e. The van der Waals surface area contributed by atoms with Crippen LogP contribution in [0.2, 0.25) is 0 Å². The van der Waals surface area contributed by atoms with E-state index in [1.807, 2.05) is 19.9 Å². The molecule has 1 unspecified atom stereocenters. The van der Waals surface area contributed by atoms with E-state index in [1.165, 1.54) is 22.1 Å². The molecule has 0 radical (unpaired) electrons. The van der Waals surface area contributed by atoms with Crippen LogP contribution in [0.5, 0.6) is 0 Å². The van der Waals surface area contributed by atoms with Gasteiger partial charge in [0.25, 0.3) is 0 Å². The van der Waals surface area contributed by atoms with Gasteiger partial charge in [0.1, 0.15) is 12.4 Å². The van der Waals surface area contributed by atoms with Gasteiger partial charge in [-0.2, -0.15) is 13.2 Å². The zero-order chi connectivity index (χ0) is 32.0. The summed E-state index contributed by atoms with van der Waals surface area (Å²) in [6.45, 7) is 3.78. The minimum atomic E-state index is -4.83. The number of nitrogens with zero attached hydrogens (tertiary/aromatic N) is 3. The lowest BCUT2D eigenvalue weighted by Gasteiger charge is -2.41. The second kappa shape index (κ2) is 14.1. The lowest BCUT2D eigenvalue weighted by Crippen LogP contribution is -2.58. The molecule has 1 aromatic heterocycles. The highest BCUT2D eigenvalue weighted by Gasteiger charge is 2.37. The van der Waals surface area contributed by atoms with E-state index < -0.39 is 47.3 Å². The van der Waals surface area contributed by atoms with Crippen molar-refractivity contribution in [3.05, 3.63) is 53.2 Å². The number of carboxylic acids is 1. The fourth-order valence-electron chi connectivity index (χ4n) is 5.98. The molecule has 0 spiro atoms. The van der Waals surface area contributed by atoms with Crippen molar-refractivity contribution >= 4 is 35.3 Å².